The van der Waals surface area contributed by atoms with E-state index in [-0.39, 0.29) is 16.6 Å². The summed E-state index contributed by atoms with van der Waals surface area (Å²) in [5.41, 5.74) is 5.90. The zero-order valence-electron chi connectivity index (χ0n) is 15.0. The summed E-state index contributed by atoms with van der Waals surface area (Å²) in [7, 11) is -2.36. The maximum absolute atomic E-state index is 14.8. The Labute approximate surface area is 164 Å². The van der Waals surface area contributed by atoms with Crippen molar-refractivity contribution in [1.82, 2.24) is 14.4 Å². The number of thiophene rings is 1. The smallest absolute Gasteiger partial charge is 0.257 e. The van der Waals surface area contributed by atoms with E-state index in [0.717, 1.165) is 21.2 Å². The Bertz CT molecular complexity index is 1170. The van der Waals surface area contributed by atoms with Gasteiger partial charge in [0.05, 0.1) is 10.6 Å². The van der Waals surface area contributed by atoms with E-state index in [1.54, 1.807) is 25.1 Å². The summed E-state index contributed by atoms with van der Waals surface area (Å²) in [6.45, 7) is 1.57. The Morgan fingerprint density at radius 2 is 2.07 bits per heavy atom. The molecule has 0 unspecified atom stereocenters. The highest BCUT2D eigenvalue weighted by atomic mass is 32.2. The van der Waals surface area contributed by atoms with Gasteiger partial charge in [-0.25, -0.2) is 22.1 Å². The van der Waals surface area contributed by atoms with E-state index in [9.17, 15) is 12.8 Å². The number of hydrogen-bond acceptors (Lipinski definition) is 8. The van der Waals surface area contributed by atoms with E-state index in [2.05, 4.69) is 15.1 Å². The Morgan fingerprint density at radius 3 is 2.75 bits per heavy atom. The third-order valence-electron chi connectivity index (χ3n) is 4.50. The van der Waals surface area contributed by atoms with E-state index < -0.39 is 21.4 Å². The predicted octanol–water partition coefficient (Wildman–Crippen LogP) is 2.41. The van der Waals surface area contributed by atoms with Gasteiger partial charge in [0.15, 0.2) is 6.33 Å². The maximum Gasteiger partial charge on any atom is 0.257 e. The number of rotatable bonds is 3. The van der Waals surface area contributed by atoms with Crippen LogP contribution in [0, 0.1) is 5.82 Å². The summed E-state index contributed by atoms with van der Waals surface area (Å²) in [6.07, 6.45) is 1.30. The topological polar surface area (TPSA) is 115 Å². The van der Waals surface area contributed by atoms with Crippen molar-refractivity contribution in [2.24, 2.45) is 10.7 Å². The molecule has 1 aliphatic rings. The van der Waals surface area contributed by atoms with E-state index in [4.69, 9.17) is 10.3 Å². The van der Waals surface area contributed by atoms with E-state index in [1.807, 2.05) is 6.07 Å². The predicted molar refractivity (Wildman–Crippen MR) is 104 cm³/mol. The molecule has 4 rings (SSSR count). The van der Waals surface area contributed by atoms with Gasteiger partial charge < -0.3 is 10.3 Å². The number of halogens is 1. The molecule has 0 amide bonds. The third kappa shape index (κ3) is 3.06. The summed E-state index contributed by atoms with van der Waals surface area (Å²) in [5.74, 6) is -0.704. The van der Waals surface area contributed by atoms with Crippen molar-refractivity contribution in [2.75, 3.05) is 12.8 Å². The maximum atomic E-state index is 14.8. The summed E-state index contributed by atoms with van der Waals surface area (Å²) < 4.78 is 45.5. The van der Waals surface area contributed by atoms with E-state index in [1.165, 1.54) is 19.4 Å². The van der Waals surface area contributed by atoms with Crippen LogP contribution < -0.4 is 5.73 Å². The van der Waals surface area contributed by atoms with Crippen LogP contribution in [-0.2, 0) is 15.6 Å². The largest absolute Gasteiger partial charge is 0.369 e. The van der Waals surface area contributed by atoms with Gasteiger partial charge in [0.25, 0.3) is 5.89 Å². The van der Waals surface area contributed by atoms with Crippen molar-refractivity contribution in [3.8, 4) is 21.9 Å². The van der Waals surface area contributed by atoms with Crippen molar-refractivity contribution in [3.05, 3.63) is 47.4 Å². The quantitative estimate of drug-likeness (QED) is 0.694. The Hall–Kier alpha value is -2.79. The fraction of sp³-hybridized carbons (Fsp3) is 0.235. The molecular formula is C17H16FN5O3S2. The molecule has 0 radical (unpaired) electrons. The zero-order valence-corrected chi connectivity index (χ0v) is 16.6. The number of sulfonamides is 1. The number of nitrogens with two attached hydrogens (primary N) is 1. The summed E-state index contributed by atoms with van der Waals surface area (Å²) >= 11 is 1.14. The first kappa shape index (κ1) is 18.6. The van der Waals surface area contributed by atoms with Crippen LogP contribution in [0.25, 0.3) is 21.9 Å². The number of benzene rings is 1. The lowest BCUT2D eigenvalue weighted by molar-refractivity contribution is 0.430. The SMILES string of the molecule is CN1C(N)=N[C@](C)(c2sc(-c3cccc(-c4ncno4)c3)cc2F)CS1(=O)=O. The first-order chi connectivity index (χ1) is 13.2. The first-order valence-corrected chi connectivity index (χ1v) is 10.6. The number of aromatic nitrogens is 2. The molecule has 3 aromatic rings. The molecule has 3 heterocycles. The van der Waals surface area contributed by atoms with Gasteiger partial charge in [-0.2, -0.15) is 4.98 Å². The van der Waals surface area contributed by atoms with Crippen LogP contribution in [0.15, 0.2) is 46.2 Å². The fourth-order valence-corrected chi connectivity index (χ4v) is 5.70. The van der Waals surface area contributed by atoms with Crippen molar-refractivity contribution in [2.45, 2.75) is 12.5 Å². The van der Waals surface area contributed by atoms with Gasteiger partial charge in [-0.1, -0.05) is 17.3 Å². The average molecular weight is 421 g/mol. The molecule has 146 valence electrons. The van der Waals surface area contributed by atoms with Crippen molar-refractivity contribution < 1.29 is 17.3 Å². The molecule has 0 bridgehead atoms. The Balaban J connectivity index is 1.77. The second kappa shape index (κ2) is 6.38. The Kier molecular flexibility index (Phi) is 4.23. The van der Waals surface area contributed by atoms with E-state index in [0.29, 0.717) is 16.3 Å². The van der Waals surface area contributed by atoms with E-state index >= 15 is 0 Å². The van der Waals surface area contributed by atoms with Crippen LogP contribution in [0.4, 0.5) is 4.39 Å². The highest BCUT2D eigenvalue weighted by Crippen LogP contribution is 2.41. The van der Waals surface area contributed by atoms with Crippen LogP contribution in [0.3, 0.4) is 0 Å². The minimum absolute atomic E-state index is 0.165. The van der Waals surface area contributed by atoms with Crippen LogP contribution >= 0.6 is 11.3 Å². The van der Waals surface area contributed by atoms with Gasteiger partial charge >= 0.3 is 0 Å². The third-order valence-corrected chi connectivity index (χ3v) is 7.86. The normalized spacial score (nSPS) is 21.5. The number of guanidine groups is 1. The molecule has 1 atom stereocenters. The van der Waals surface area contributed by atoms with Crippen molar-refractivity contribution in [3.63, 3.8) is 0 Å². The highest BCUT2D eigenvalue weighted by Gasteiger charge is 2.42. The molecule has 1 aliphatic heterocycles. The highest BCUT2D eigenvalue weighted by molar-refractivity contribution is 7.89. The van der Waals surface area contributed by atoms with Gasteiger partial charge in [-0.3, -0.25) is 0 Å². The van der Waals surface area contributed by atoms with Crippen LogP contribution in [-0.4, -0.2) is 41.6 Å². The fourth-order valence-electron chi connectivity index (χ4n) is 3.05. The van der Waals surface area contributed by atoms with Crippen LogP contribution in [0.2, 0.25) is 0 Å². The van der Waals surface area contributed by atoms with Crippen LogP contribution in [0.1, 0.15) is 11.8 Å². The van der Waals surface area contributed by atoms with Crippen molar-refractivity contribution >= 4 is 27.3 Å². The zero-order chi connectivity index (χ0) is 20.1. The molecule has 8 nitrogen and oxygen atoms in total. The summed E-state index contributed by atoms with van der Waals surface area (Å²) in [4.78, 5) is 9.11. The minimum atomic E-state index is -3.68. The standard InChI is InChI=1S/C17H16FN5O3S2/c1-17(8-28(24,25)23(2)16(19)22-17)14-12(18)7-13(27-14)10-4-3-5-11(6-10)15-20-9-21-26-15/h3-7,9H,8H2,1-2H3,(H2,19,22)/t17-/m0/s1. The monoisotopic (exact) mass is 421 g/mol. The first-order valence-electron chi connectivity index (χ1n) is 8.19. The molecule has 2 N–H and O–H groups in total. The van der Waals surface area contributed by atoms with Gasteiger partial charge in [-0.15, -0.1) is 11.3 Å². The second-order valence-electron chi connectivity index (χ2n) is 6.58. The second-order valence-corrected chi connectivity index (χ2v) is 9.63. The molecule has 0 spiro atoms. The van der Waals surface area contributed by atoms with Crippen molar-refractivity contribution in [1.29, 1.82) is 0 Å². The molecule has 1 aromatic carbocycles. The molecule has 0 saturated carbocycles. The molecule has 28 heavy (non-hydrogen) atoms. The molecule has 0 aliphatic carbocycles. The number of aliphatic imine (C=N–C) groups is 1. The summed E-state index contributed by atoms with van der Waals surface area (Å²) in [6, 6.07) is 8.59. The average Bonchev–Trinajstić information content (AvgIpc) is 3.29. The molecule has 2 aromatic heterocycles. The molecule has 0 fully saturated rings. The van der Waals surface area contributed by atoms with Gasteiger partial charge in [0.1, 0.15) is 11.4 Å². The lowest BCUT2D eigenvalue weighted by Crippen LogP contribution is -2.50. The molecular weight excluding hydrogens is 405 g/mol. The molecule has 11 heteroatoms. The lowest BCUT2D eigenvalue weighted by atomic mass is 10.0. The van der Waals surface area contributed by atoms with Crippen LogP contribution in [0.5, 0.6) is 0 Å². The molecule has 0 saturated heterocycles. The Morgan fingerprint density at radius 1 is 1.32 bits per heavy atom. The number of hydrogen-bond donors (Lipinski definition) is 1. The number of nitrogens with zero attached hydrogens (tertiary/aromatic N) is 4. The van der Waals surface area contributed by atoms with Gasteiger partial charge in [0, 0.05) is 17.5 Å². The van der Waals surface area contributed by atoms with Gasteiger partial charge in [0.2, 0.25) is 16.0 Å². The minimum Gasteiger partial charge on any atom is -0.369 e. The summed E-state index contributed by atoms with van der Waals surface area (Å²) in [5, 5.41) is 3.59. The lowest BCUT2D eigenvalue weighted by Gasteiger charge is -2.33. The van der Waals surface area contributed by atoms with Gasteiger partial charge in [-0.05, 0) is 30.7 Å².